The molecular weight excluding hydrogens is 375 g/mol. The van der Waals surface area contributed by atoms with Crippen LogP contribution in [-0.4, -0.2) is 33.0 Å². The zero-order valence-corrected chi connectivity index (χ0v) is 16.2. The molecule has 1 aliphatic rings. The zero-order valence-electron chi connectivity index (χ0n) is 14.6. The summed E-state index contributed by atoms with van der Waals surface area (Å²) in [6, 6.07) is 10.8. The van der Waals surface area contributed by atoms with Gasteiger partial charge in [0.15, 0.2) is 0 Å². The van der Waals surface area contributed by atoms with Crippen molar-refractivity contribution in [3.05, 3.63) is 64.4 Å². The van der Waals surface area contributed by atoms with Crippen LogP contribution in [0, 0.1) is 12.7 Å². The summed E-state index contributed by atoms with van der Waals surface area (Å²) in [5.41, 5.74) is 1.21. The number of hydrogen-bond acceptors (Lipinski definition) is 3. The first-order chi connectivity index (χ1) is 12.4. The van der Waals surface area contributed by atoms with Gasteiger partial charge in [0.1, 0.15) is 5.82 Å². The molecule has 1 atom stereocenters. The van der Waals surface area contributed by atoms with Gasteiger partial charge in [0, 0.05) is 17.1 Å². The van der Waals surface area contributed by atoms with Crippen molar-refractivity contribution < 1.29 is 12.8 Å². The molecule has 0 saturated carbocycles. The van der Waals surface area contributed by atoms with Crippen molar-refractivity contribution in [2.24, 2.45) is 0 Å². The summed E-state index contributed by atoms with van der Waals surface area (Å²) < 4.78 is 42.4. The molecule has 0 aromatic heterocycles. The lowest BCUT2D eigenvalue weighted by Gasteiger charge is -2.29. The molecule has 140 valence electrons. The van der Waals surface area contributed by atoms with Crippen LogP contribution in [0.4, 0.5) is 4.39 Å². The van der Waals surface area contributed by atoms with Gasteiger partial charge in [-0.3, -0.25) is 4.90 Å². The minimum Gasteiger partial charge on any atom is -0.295 e. The average Bonchev–Trinajstić information content (AvgIpc) is 3.11. The number of nitrogens with one attached hydrogen (secondary N) is 1. The topological polar surface area (TPSA) is 49.4 Å². The number of likely N-dealkylation sites (tertiary alicyclic amines) is 1. The van der Waals surface area contributed by atoms with Gasteiger partial charge in [-0.25, -0.2) is 17.5 Å². The van der Waals surface area contributed by atoms with E-state index >= 15 is 0 Å². The van der Waals surface area contributed by atoms with Crippen molar-refractivity contribution in [3.63, 3.8) is 0 Å². The molecule has 0 radical (unpaired) electrons. The van der Waals surface area contributed by atoms with E-state index in [0.717, 1.165) is 31.5 Å². The first-order valence-electron chi connectivity index (χ1n) is 8.63. The van der Waals surface area contributed by atoms with Crippen molar-refractivity contribution in [2.75, 3.05) is 19.6 Å². The van der Waals surface area contributed by atoms with Crippen molar-refractivity contribution in [1.29, 1.82) is 0 Å². The van der Waals surface area contributed by atoms with E-state index in [1.165, 1.54) is 6.07 Å². The third kappa shape index (κ3) is 4.26. The lowest BCUT2D eigenvalue weighted by Crippen LogP contribution is -2.37. The van der Waals surface area contributed by atoms with E-state index in [9.17, 15) is 12.8 Å². The molecule has 26 heavy (non-hydrogen) atoms. The number of aryl methyl sites for hydroxylation is 1. The normalized spacial score (nSPS) is 16.7. The Kier molecular flexibility index (Phi) is 5.97. The molecule has 0 spiro atoms. The number of hydrogen-bond donors (Lipinski definition) is 1. The quantitative estimate of drug-likeness (QED) is 0.805. The summed E-state index contributed by atoms with van der Waals surface area (Å²) in [5.74, 6) is -0.413. The van der Waals surface area contributed by atoms with E-state index in [1.807, 2.05) is 13.0 Å². The summed E-state index contributed by atoms with van der Waals surface area (Å²) >= 11 is 6.25. The summed E-state index contributed by atoms with van der Waals surface area (Å²) in [4.78, 5) is 2.29. The second kappa shape index (κ2) is 8.05. The maximum Gasteiger partial charge on any atom is 0.240 e. The Morgan fingerprint density at radius 3 is 2.54 bits per heavy atom. The Morgan fingerprint density at radius 2 is 1.88 bits per heavy atom. The maximum absolute atomic E-state index is 14.5. The van der Waals surface area contributed by atoms with E-state index < -0.39 is 21.9 Å². The molecule has 0 aliphatic carbocycles. The van der Waals surface area contributed by atoms with Gasteiger partial charge in [-0.05, 0) is 62.7 Å². The second-order valence-corrected chi connectivity index (χ2v) is 8.74. The number of nitrogens with zero attached hydrogens (tertiary/aromatic N) is 1. The highest BCUT2D eigenvalue weighted by molar-refractivity contribution is 7.89. The van der Waals surface area contributed by atoms with Crippen LogP contribution in [0.15, 0.2) is 47.4 Å². The van der Waals surface area contributed by atoms with Crippen LogP contribution in [0.5, 0.6) is 0 Å². The van der Waals surface area contributed by atoms with E-state index in [0.29, 0.717) is 10.6 Å². The van der Waals surface area contributed by atoms with Gasteiger partial charge in [-0.1, -0.05) is 29.8 Å². The molecule has 1 fully saturated rings. The summed E-state index contributed by atoms with van der Waals surface area (Å²) in [6.45, 7) is 3.49. The van der Waals surface area contributed by atoms with E-state index in [2.05, 4.69) is 9.62 Å². The highest BCUT2D eigenvalue weighted by atomic mass is 35.5. The van der Waals surface area contributed by atoms with Crippen LogP contribution in [0.1, 0.15) is 30.0 Å². The minimum absolute atomic E-state index is 0.0664. The summed E-state index contributed by atoms with van der Waals surface area (Å²) in [7, 11) is -3.68. The summed E-state index contributed by atoms with van der Waals surface area (Å²) in [5, 5.41) is 0.316. The van der Waals surface area contributed by atoms with Crippen LogP contribution >= 0.6 is 11.6 Å². The fourth-order valence-corrected chi connectivity index (χ4v) is 4.78. The van der Waals surface area contributed by atoms with E-state index in [1.54, 1.807) is 30.3 Å². The number of benzene rings is 2. The molecule has 1 saturated heterocycles. The molecule has 3 rings (SSSR count). The van der Waals surface area contributed by atoms with E-state index in [4.69, 9.17) is 11.6 Å². The predicted octanol–water partition coefficient (Wildman–Crippen LogP) is 3.90. The van der Waals surface area contributed by atoms with Gasteiger partial charge in [-0.2, -0.15) is 0 Å². The van der Waals surface area contributed by atoms with E-state index in [-0.39, 0.29) is 11.4 Å². The Hall–Kier alpha value is -1.47. The second-order valence-electron chi connectivity index (χ2n) is 6.56. The standard InChI is InChI=1S/C19H22ClFN2O2S/c1-14-6-4-7-15(12-14)26(24,25)22-13-18(23-10-2-3-11-23)19-16(20)8-5-9-17(19)21/h4-9,12,18,22H,2-3,10-11,13H2,1H3. The molecule has 2 aromatic carbocycles. The van der Waals surface area contributed by atoms with Crippen molar-refractivity contribution >= 4 is 21.6 Å². The molecule has 1 heterocycles. The Morgan fingerprint density at radius 1 is 1.19 bits per heavy atom. The third-order valence-electron chi connectivity index (χ3n) is 4.68. The van der Waals surface area contributed by atoms with Crippen LogP contribution in [0.3, 0.4) is 0 Å². The van der Waals surface area contributed by atoms with Crippen molar-refractivity contribution in [3.8, 4) is 0 Å². The Labute approximate surface area is 159 Å². The molecule has 1 unspecified atom stereocenters. The van der Waals surface area contributed by atoms with Gasteiger partial charge >= 0.3 is 0 Å². The van der Waals surface area contributed by atoms with Crippen LogP contribution in [-0.2, 0) is 10.0 Å². The lowest BCUT2D eigenvalue weighted by atomic mass is 10.0. The first-order valence-corrected chi connectivity index (χ1v) is 10.5. The fraction of sp³-hybridized carbons (Fsp3) is 0.368. The zero-order chi connectivity index (χ0) is 18.7. The molecular formula is C19H22ClFN2O2S. The highest BCUT2D eigenvalue weighted by Crippen LogP contribution is 2.32. The number of halogens is 2. The maximum atomic E-state index is 14.5. The minimum atomic E-state index is -3.68. The smallest absolute Gasteiger partial charge is 0.240 e. The third-order valence-corrected chi connectivity index (χ3v) is 6.43. The molecule has 4 nitrogen and oxygen atoms in total. The van der Waals surface area contributed by atoms with Gasteiger partial charge in [0.05, 0.1) is 10.9 Å². The van der Waals surface area contributed by atoms with Crippen molar-refractivity contribution in [2.45, 2.75) is 30.7 Å². The van der Waals surface area contributed by atoms with Crippen LogP contribution in [0.2, 0.25) is 5.02 Å². The van der Waals surface area contributed by atoms with Gasteiger partial charge in [0.2, 0.25) is 10.0 Å². The van der Waals surface area contributed by atoms with Crippen LogP contribution in [0.25, 0.3) is 0 Å². The molecule has 7 heteroatoms. The lowest BCUT2D eigenvalue weighted by molar-refractivity contribution is 0.241. The van der Waals surface area contributed by atoms with Crippen LogP contribution < -0.4 is 4.72 Å². The number of rotatable bonds is 6. The Bertz CT molecular complexity index is 863. The van der Waals surface area contributed by atoms with Gasteiger partial charge in [-0.15, -0.1) is 0 Å². The van der Waals surface area contributed by atoms with Gasteiger partial charge < -0.3 is 0 Å². The number of sulfonamides is 1. The predicted molar refractivity (Wildman–Crippen MR) is 101 cm³/mol. The highest BCUT2D eigenvalue weighted by Gasteiger charge is 2.29. The molecule has 1 N–H and O–H groups in total. The molecule has 0 bridgehead atoms. The van der Waals surface area contributed by atoms with Crippen molar-refractivity contribution in [1.82, 2.24) is 9.62 Å². The SMILES string of the molecule is Cc1cccc(S(=O)(=O)NCC(c2c(F)cccc2Cl)N2CCCC2)c1. The monoisotopic (exact) mass is 396 g/mol. The molecule has 1 aliphatic heterocycles. The average molecular weight is 397 g/mol. The Balaban J connectivity index is 1.87. The molecule has 2 aromatic rings. The van der Waals surface area contributed by atoms with Gasteiger partial charge in [0.25, 0.3) is 0 Å². The summed E-state index contributed by atoms with van der Waals surface area (Å²) in [6.07, 6.45) is 2.01. The fourth-order valence-electron chi connectivity index (χ4n) is 3.35. The first kappa shape index (κ1) is 19.3. The largest absolute Gasteiger partial charge is 0.295 e. The molecule has 0 amide bonds.